The van der Waals surface area contributed by atoms with E-state index < -0.39 is 0 Å². The largest absolute Gasteiger partial charge is 0.455 e. The number of hydrogen-bond donors (Lipinski definition) is 2. The predicted octanol–water partition coefficient (Wildman–Crippen LogP) is 5.28. The van der Waals surface area contributed by atoms with Crippen LogP contribution >= 0.6 is 0 Å². The fourth-order valence-corrected chi connectivity index (χ4v) is 4.09. The third kappa shape index (κ3) is 3.79. The van der Waals surface area contributed by atoms with E-state index in [1.807, 2.05) is 68.4 Å². The van der Waals surface area contributed by atoms with Crippen molar-refractivity contribution in [3.05, 3.63) is 87.7 Å². The number of hydrogen-bond acceptors (Lipinski definition) is 8. The van der Waals surface area contributed by atoms with Gasteiger partial charge in [-0.3, -0.25) is 4.79 Å². The van der Waals surface area contributed by atoms with Crippen molar-refractivity contribution in [1.82, 2.24) is 15.2 Å². The van der Waals surface area contributed by atoms with Gasteiger partial charge < -0.3 is 19.9 Å². The van der Waals surface area contributed by atoms with Crippen molar-refractivity contribution < 1.29 is 8.83 Å². The van der Waals surface area contributed by atoms with E-state index in [1.165, 1.54) is 0 Å². The maximum atomic E-state index is 13.3. The molecule has 5 aromatic rings. The highest BCUT2D eigenvalue weighted by molar-refractivity contribution is 5.85. The zero-order valence-electron chi connectivity index (χ0n) is 19.0. The van der Waals surface area contributed by atoms with Crippen LogP contribution in [0.25, 0.3) is 33.9 Å². The predicted molar refractivity (Wildman–Crippen MR) is 131 cm³/mol. The molecule has 34 heavy (non-hydrogen) atoms. The van der Waals surface area contributed by atoms with Gasteiger partial charge in [-0.25, -0.2) is 4.98 Å². The number of anilines is 2. The Morgan fingerprint density at radius 1 is 1.00 bits per heavy atom. The monoisotopic (exact) mass is 453 g/mol. The van der Waals surface area contributed by atoms with Crippen molar-refractivity contribution >= 4 is 22.7 Å². The molecule has 0 aliphatic rings. The molecule has 3 aromatic heterocycles. The number of nitrogens with zero attached hydrogens (tertiary/aromatic N) is 3. The van der Waals surface area contributed by atoms with Gasteiger partial charge in [0.2, 0.25) is 0 Å². The standard InChI is InChI=1S/C26H23N5O3/c1-14-12-18(16(3)29-20-10-7-11-28-21(20)25-30-31-26(27)34-25)24-19(13-14)22(32)15(2)23(33-24)17-8-5-4-6-9-17/h4-13,16,29H,1-3H3,(H2,27,31)/t16-/m1/s1. The van der Waals surface area contributed by atoms with E-state index in [0.29, 0.717) is 33.7 Å². The van der Waals surface area contributed by atoms with Crippen molar-refractivity contribution in [1.29, 1.82) is 0 Å². The minimum absolute atomic E-state index is 0.0325. The molecule has 0 aliphatic carbocycles. The van der Waals surface area contributed by atoms with E-state index in [-0.39, 0.29) is 23.4 Å². The van der Waals surface area contributed by atoms with Crippen LogP contribution in [0.4, 0.5) is 11.7 Å². The van der Waals surface area contributed by atoms with E-state index in [2.05, 4.69) is 20.5 Å². The molecule has 2 aromatic carbocycles. The van der Waals surface area contributed by atoms with Gasteiger partial charge in [-0.05, 0) is 44.5 Å². The summed E-state index contributed by atoms with van der Waals surface area (Å²) in [5.41, 5.74) is 10.5. The van der Waals surface area contributed by atoms with Crippen LogP contribution in [-0.2, 0) is 0 Å². The molecular formula is C26H23N5O3. The maximum absolute atomic E-state index is 13.3. The van der Waals surface area contributed by atoms with Gasteiger partial charge in [0.15, 0.2) is 11.1 Å². The Morgan fingerprint density at radius 3 is 2.53 bits per heavy atom. The van der Waals surface area contributed by atoms with Crippen molar-refractivity contribution in [2.75, 3.05) is 11.1 Å². The molecule has 3 heterocycles. The Labute approximate surface area is 195 Å². The number of nitrogen functional groups attached to an aromatic ring is 1. The first-order chi connectivity index (χ1) is 16.4. The summed E-state index contributed by atoms with van der Waals surface area (Å²) in [5, 5.41) is 11.7. The van der Waals surface area contributed by atoms with E-state index in [1.54, 1.807) is 13.1 Å². The molecule has 0 spiro atoms. The normalized spacial score (nSPS) is 12.1. The second kappa shape index (κ2) is 8.47. The average Bonchev–Trinajstić information content (AvgIpc) is 3.28. The van der Waals surface area contributed by atoms with Gasteiger partial charge in [0.25, 0.3) is 5.89 Å². The lowest BCUT2D eigenvalue weighted by Gasteiger charge is -2.19. The topological polar surface area (TPSA) is 120 Å². The van der Waals surface area contributed by atoms with Crippen molar-refractivity contribution in [3.8, 4) is 22.9 Å². The van der Waals surface area contributed by atoms with Crippen molar-refractivity contribution in [2.45, 2.75) is 26.8 Å². The first-order valence-electron chi connectivity index (χ1n) is 10.9. The van der Waals surface area contributed by atoms with E-state index in [4.69, 9.17) is 14.6 Å². The van der Waals surface area contributed by atoms with E-state index in [9.17, 15) is 4.79 Å². The number of rotatable bonds is 5. The molecule has 3 N–H and O–H groups in total. The highest BCUT2D eigenvalue weighted by Gasteiger charge is 2.21. The quantitative estimate of drug-likeness (QED) is 0.369. The van der Waals surface area contributed by atoms with Crippen LogP contribution in [0, 0.1) is 13.8 Å². The SMILES string of the molecule is Cc1cc([C@@H](C)Nc2cccnc2-c2nnc(N)o2)c2oc(-c3ccccc3)c(C)c(=O)c2c1. The second-order valence-corrected chi connectivity index (χ2v) is 8.19. The molecule has 0 saturated carbocycles. The van der Waals surface area contributed by atoms with Gasteiger partial charge >= 0.3 is 6.01 Å². The fourth-order valence-electron chi connectivity index (χ4n) is 4.09. The third-order valence-corrected chi connectivity index (χ3v) is 5.72. The molecule has 8 heteroatoms. The smallest absolute Gasteiger partial charge is 0.313 e. The fraction of sp³-hybridized carbons (Fsp3) is 0.154. The molecule has 170 valence electrons. The second-order valence-electron chi connectivity index (χ2n) is 8.19. The lowest BCUT2D eigenvalue weighted by Crippen LogP contribution is -2.13. The minimum Gasteiger partial charge on any atom is -0.455 e. The Morgan fingerprint density at radius 2 is 1.79 bits per heavy atom. The molecule has 8 nitrogen and oxygen atoms in total. The Bertz CT molecular complexity index is 1560. The first-order valence-corrected chi connectivity index (χ1v) is 10.9. The van der Waals surface area contributed by atoms with Gasteiger partial charge in [-0.1, -0.05) is 41.5 Å². The number of benzene rings is 2. The number of fused-ring (bicyclic) bond motifs is 1. The lowest BCUT2D eigenvalue weighted by molar-refractivity contribution is 0.587. The molecule has 1 atom stereocenters. The van der Waals surface area contributed by atoms with E-state index >= 15 is 0 Å². The van der Waals surface area contributed by atoms with Crippen LogP contribution in [-0.4, -0.2) is 15.2 Å². The Hall–Kier alpha value is -4.46. The lowest BCUT2D eigenvalue weighted by atomic mass is 9.98. The number of nitrogens with one attached hydrogen (secondary N) is 1. The highest BCUT2D eigenvalue weighted by Crippen LogP contribution is 2.33. The summed E-state index contributed by atoms with van der Waals surface area (Å²) in [4.78, 5) is 17.7. The van der Waals surface area contributed by atoms with Gasteiger partial charge in [0, 0.05) is 22.9 Å². The van der Waals surface area contributed by atoms with Crippen LogP contribution in [0.1, 0.15) is 29.7 Å². The van der Waals surface area contributed by atoms with Crippen LogP contribution in [0.5, 0.6) is 0 Å². The number of pyridine rings is 1. The van der Waals surface area contributed by atoms with E-state index in [0.717, 1.165) is 16.7 Å². The molecule has 0 fully saturated rings. The zero-order valence-corrected chi connectivity index (χ0v) is 19.0. The van der Waals surface area contributed by atoms with Gasteiger partial charge in [0.05, 0.1) is 17.1 Å². The Balaban J connectivity index is 1.63. The van der Waals surface area contributed by atoms with Gasteiger partial charge in [0.1, 0.15) is 11.3 Å². The molecule has 0 amide bonds. The summed E-state index contributed by atoms with van der Waals surface area (Å²) in [6.07, 6.45) is 1.64. The summed E-state index contributed by atoms with van der Waals surface area (Å²) < 4.78 is 11.8. The van der Waals surface area contributed by atoms with Crippen LogP contribution in [0.3, 0.4) is 0 Å². The Kier molecular flexibility index (Phi) is 5.33. The van der Waals surface area contributed by atoms with Crippen LogP contribution < -0.4 is 16.5 Å². The zero-order chi connectivity index (χ0) is 23.8. The van der Waals surface area contributed by atoms with Crippen molar-refractivity contribution in [3.63, 3.8) is 0 Å². The third-order valence-electron chi connectivity index (χ3n) is 5.72. The number of aromatic nitrogens is 3. The summed E-state index contributed by atoms with van der Waals surface area (Å²) >= 11 is 0. The summed E-state index contributed by atoms with van der Waals surface area (Å²) in [5.74, 6) is 0.786. The number of aryl methyl sites for hydroxylation is 1. The summed E-state index contributed by atoms with van der Waals surface area (Å²) in [7, 11) is 0. The molecule has 0 saturated heterocycles. The van der Waals surface area contributed by atoms with Gasteiger partial charge in [-0.15, -0.1) is 5.10 Å². The molecule has 5 rings (SSSR count). The average molecular weight is 454 g/mol. The molecule has 0 aliphatic heterocycles. The van der Waals surface area contributed by atoms with Crippen molar-refractivity contribution in [2.24, 2.45) is 0 Å². The van der Waals surface area contributed by atoms with Gasteiger partial charge in [-0.2, -0.15) is 0 Å². The van der Waals surface area contributed by atoms with Crippen LogP contribution in [0.15, 0.2) is 74.4 Å². The van der Waals surface area contributed by atoms with Crippen LogP contribution in [0.2, 0.25) is 0 Å². The molecule has 0 radical (unpaired) electrons. The minimum atomic E-state index is -0.236. The summed E-state index contributed by atoms with van der Waals surface area (Å²) in [6.45, 7) is 5.76. The number of nitrogens with two attached hydrogens (primary N) is 1. The molecule has 0 bridgehead atoms. The molecular weight excluding hydrogens is 430 g/mol. The first kappa shape index (κ1) is 21.4. The maximum Gasteiger partial charge on any atom is 0.313 e. The summed E-state index contributed by atoms with van der Waals surface area (Å²) in [6, 6.07) is 17.0. The highest BCUT2D eigenvalue weighted by atomic mass is 16.4. The molecule has 0 unspecified atom stereocenters.